The van der Waals surface area contributed by atoms with E-state index < -0.39 is 0 Å². The predicted molar refractivity (Wildman–Crippen MR) is 56.9 cm³/mol. The summed E-state index contributed by atoms with van der Waals surface area (Å²) in [5, 5.41) is 0. The fraction of sp³-hybridized carbons (Fsp3) is 0.750. The van der Waals surface area contributed by atoms with Crippen molar-refractivity contribution in [1.29, 1.82) is 0 Å². The van der Waals surface area contributed by atoms with Gasteiger partial charge in [0.15, 0.2) is 0 Å². The first-order valence-electron chi connectivity index (χ1n) is 5.33. The summed E-state index contributed by atoms with van der Waals surface area (Å²) in [6, 6.07) is 0. The molecule has 0 bridgehead atoms. The van der Waals surface area contributed by atoms with Crippen LogP contribution in [-0.4, -0.2) is 12.1 Å². The van der Waals surface area contributed by atoms with E-state index in [-0.39, 0.29) is 12.1 Å². The third-order valence-corrected chi connectivity index (χ3v) is 3.14. The van der Waals surface area contributed by atoms with E-state index in [0.29, 0.717) is 11.8 Å². The minimum atomic E-state index is -0.163. The molecule has 0 radical (unpaired) electrons. The van der Waals surface area contributed by atoms with Crippen molar-refractivity contribution in [3.63, 3.8) is 0 Å². The van der Waals surface area contributed by atoms with Crippen LogP contribution in [0, 0.1) is 11.8 Å². The molecule has 0 amide bonds. The predicted octanol–water partition coefficient (Wildman–Crippen LogP) is 2.93. The minimum Gasteiger partial charge on any atom is -0.462 e. The van der Waals surface area contributed by atoms with E-state index in [1.54, 1.807) is 0 Å². The molecule has 0 heterocycles. The Bertz CT molecular complexity index is 232. The van der Waals surface area contributed by atoms with Crippen molar-refractivity contribution in [3.05, 3.63) is 12.2 Å². The van der Waals surface area contributed by atoms with Gasteiger partial charge >= 0.3 is 5.97 Å². The lowest BCUT2D eigenvalue weighted by Crippen LogP contribution is -2.31. The second-order valence-corrected chi connectivity index (χ2v) is 4.48. The molecule has 1 rings (SSSR count). The Labute approximate surface area is 86.3 Å². The molecule has 0 aromatic rings. The van der Waals surface area contributed by atoms with E-state index in [1.165, 1.54) is 18.9 Å². The maximum Gasteiger partial charge on any atom is 0.302 e. The van der Waals surface area contributed by atoms with Gasteiger partial charge in [-0.15, -0.1) is 0 Å². The Morgan fingerprint density at radius 1 is 1.36 bits per heavy atom. The molecule has 2 unspecified atom stereocenters. The highest BCUT2D eigenvalue weighted by atomic mass is 16.5. The molecule has 0 saturated heterocycles. The first-order valence-corrected chi connectivity index (χ1v) is 5.33. The lowest BCUT2D eigenvalue weighted by Gasteiger charge is -2.33. The van der Waals surface area contributed by atoms with E-state index in [1.807, 2.05) is 0 Å². The van der Waals surface area contributed by atoms with E-state index in [4.69, 9.17) is 4.74 Å². The van der Waals surface area contributed by atoms with Gasteiger partial charge in [0, 0.05) is 6.92 Å². The molecule has 80 valence electrons. The van der Waals surface area contributed by atoms with Gasteiger partial charge in [0.05, 0.1) is 0 Å². The molecule has 2 nitrogen and oxygen atoms in total. The van der Waals surface area contributed by atoms with Crippen LogP contribution in [0.4, 0.5) is 0 Å². The summed E-state index contributed by atoms with van der Waals surface area (Å²) in [6.07, 6.45) is 3.38. The molecule has 3 atom stereocenters. The third-order valence-electron chi connectivity index (χ3n) is 3.14. The van der Waals surface area contributed by atoms with Gasteiger partial charge in [-0.05, 0) is 38.0 Å². The zero-order valence-electron chi connectivity index (χ0n) is 9.38. The average molecular weight is 196 g/mol. The van der Waals surface area contributed by atoms with Crippen LogP contribution in [0.3, 0.4) is 0 Å². The van der Waals surface area contributed by atoms with E-state index >= 15 is 0 Å². The second-order valence-electron chi connectivity index (χ2n) is 4.48. The number of esters is 1. The largest absolute Gasteiger partial charge is 0.462 e. The van der Waals surface area contributed by atoms with Gasteiger partial charge in [-0.25, -0.2) is 0 Å². The monoisotopic (exact) mass is 196 g/mol. The molecule has 1 saturated carbocycles. The average Bonchev–Trinajstić information content (AvgIpc) is 2.07. The summed E-state index contributed by atoms with van der Waals surface area (Å²) in [6.45, 7) is 9.68. The summed E-state index contributed by atoms with van der Waals surface area (Å²) in [4.78, 5) is 10.9. The summed E-state index contributed by atoms with van der Waals surface area (Å²) in [5.74, 6) is 0.870. The molecule has 1 aliphatic carbocycles. The highest BCUT2D eigenvalue weighted by Crippen LogP contribution is 2.34. The quantitative estimate of drug-likeness (QED) is 0.501. The van der Waals surface area contributed by atoms with Crippen LogP contribution in [-0.2, 0) is 9.53 Å². The van der Waals surface area contributed by atoms with Crippen molar-refractivity contribution in [3.8, 4) is 0 Å². The Kier molecular flexibility index (Phi) is 3.73. The fourth-order valence-electron chi connectivity index (χ4n) is 2.11. The van der Waals surface area contributed by atoms with E-state index in [2.05, 4.69) is 20.4 Å². The molecule has 1 fully saturated rings. The van der Waals surface area contributed by atoms with Crippen molar-refractivity contribution >= 4 is 5.97 Å². The topological polar surface area (TPSA) is 26.3 Å². The second kappa shape index (κ2) is 4.63. The van der Waals surface area contributed by atoms with Crippen molar-refractivity contribution < 1.29 is 9.53 Å². The minimum absolute atomic E-state index is 0.1000. The number of carbonyl (C=O) groups excluding carboxylic acids is 1. The fourth-order valence-corrected chi connectivity index (χ4v) is 2.11. The van der Waals surface area contributed by atoms with Crippen LogP contribution in [0.5, 0.6) is 0 Å². The summed E-state index contributed by atoms with van der Waals surface area (Å²) >= 11 is 0. The SMILES string of the molecule is C=C(C)C1CCC(C)[C@@H](OC(C)=O)C1. The maximum absolute atomic E-state index is 10.9. The van der Waals surface area contributed by atoms with Crippen LogP contribution in [0.15, 0.2) is 12.2 Å². The number of rotatable bonds is 2. The Balaban J connectivity index is 2.55. The van der Waals surface area contributed by atoms with Crippen LogP contribution >= 0.6 is 0 Å². The van der Waals surface area contributed by atoms with E-state index in [9.17, 15) is 4.79 Å². The molecule has 0 spiro atoms. The molecule has 0 aliphatic heterocycles. The summed E-state index contributed by atoms with van der Waals surface area (Å²) < 4.78 is 5.30. The standard InChI is InChI=1S/C12H20O2/c1-8(2)11-6-5-9(3)12(7-11)14-10(4)13/h9,11-12H,1,5-7H2,2-4H3/t9?,11?,12-/m0/s1. The number of ether oxygens (including phenoxy) is 1. The zero-order chi connectivity index (χ0) is 10.7. The van der Waals surface area contributed by atoms with Gasteiger partial charge in [-0.3, -0.25) is 4.79 Å². The maximum atomic E-state index is 10.9. The Hall–Kier alpha value is -0.790. The van der Waals surface area contributed by atoms with Gasteiger partial charge in [-0.2, -0.15) is 0 Å². The molecule has 14 heavy (non-hydrogen) atoms. The van der Waals surface area contributed by atoms with Gasteiger partial charge in [0.1, 0.15) is 6.10 Å². The molecule has 1 aliphatic rings. The van der Waals surface area contributed by atoms with Crippen molar-refractivity contribution in [2.24, 2.45) is 11.8 Å². The molecule has 0 aromatic heterocycles. The molecular formula is C12H20O2. The Morgan fingerprint density at radius 3 is 2.50 bits per heavy atom. The first kappa shape index (κ1) is 11.3. The van der Waals surface area contributed by atoms with Crippen LogP contribution in [0.25, 0.3) is 0 Å². The highest BCUT2D eigenvalue weighted by molar-refractivity contribution is 5.66. The van der Waals surface area contributed by atoms with Gasteiger partial charge in [0.25, 0.3) is 0 Å². The molecule has 0 aromatic carbocycles. The summed E-state index contributed by atoms with van der Waals surface area (Å²) in [5.41, 5.74) is 1.22. The number of hydrogen-bond donors (Lipinski definition) is 0. The lowest BCUT2D eigenvalue weighted by molar-refractivity contribution is -0.151. The molecule has 0 N–H and O–H groups in total. The van der Waals surface area contributed by atoms with E-state index in [0.717, 1.165) is 12.8 Å². The summed E-state index contributed by atoms with van der Waals surface area (Å²) in [7, 11) is 0. The van der Waals surface area contributed by atoms with Gasteiger partial charge in [-0.1, -0.05) is 19.1 Å². The van der Waals surface area contributed by atoms with Crippen molar-refractivity contribution in [2.45, 2.75) is 46.1 Å². The Morgan fingerprint density at radius 2 is 2.00 bits per heavy atom. The molecule has 2 heteroatoms. The van der Waals surface area contributed by atoms with Crippen LogP contribution < -0.4 is 0 Å². The van der Waals surface area contributed by atoms with Gasteiger partial charge in [0.2, 0.25) is 0 Å². The smallest absolute Gasteiger partial charge is 0.302 e. The van der Waals surface area contributed by atoms with Crippen molar-refractivity contribution in [1.82, 2.24) is 0 Å². The molecular weight excluding hydrogens is 176 g/mol. The van der Waals surface area contributed by atoms with Crippen LogP contribution in [0.2, 0.25) is 0 Å². The lowest BCUT2D eigenvalue weighted by atomic mass is 9.78. The van der Waals surface area contributed by atoms with Crippen molar-refractivity contribution in [2.75, 3.05) is 0 Å². The zero-order valence-corrected chi connectivity index (χ0v) is 9.38. The van der Waals surface area contributed by atoms with Gasteiger partial charge < -0.3 is 4.74 Å². The number of hydrogen-bond acceptors (Lipinski definition) is 2. The highest BCUT2D eigenvalue weighted by Gasteiger charge is 2.29. The van der Waals surface area contributed by atoms with Crippen LogP contribution in [0.1, 0.15) is 40.0 Å². The normalized spacial score (nSPS) is 32.4. The first-order chi connectivity index (χ1) is 6.50. The number of allylic oxidation sites excluding steroid dienone is 1. The third kappa shape index (κ3) is 2.86. The number of carbonyl (C=O) groups is 1.